The van der Waals surface area contributed by atoms with E-state index in [1.165, 1.54) is 36.4 Å². The van der Waals surface area contributed by atoms with Crippen LogP contribution in [-0.2, 0) is 9.59 Å². The minimum absolute atomic E-state index is 0.0119. The molecule has 1 aliphatic heterocycles. The number of allylic oxidation sites excluding steroid dienone is 2. The summed E-state index contributed by atoms with van der Waals surface area (Å²) in [4.78, 5) is 55.5. The number of rotatable bonds is 7. The van der Waals surface area contributed by atoms with Gasteiger partial charge in [-0.05, 0) is 85.0 Å². The molecule has 4 aliphatic carbocycles. The molecule has 37 heavy (non-hydrogen) atoms. The molecule has 6 nitrogen and oxygen atoms in total. The number of ketones is 1. The number of amides is 3. The van der Waals surface area contributed by atoms with Crippen LogP contribution in [0.3, 0.4) is 0 Å². The van der Waals surface area contributed by atoms with Crippen molar-refractivity contribution in [3.8, 4) is 0 Å². The summed E-state index contributed by atoms with van der Waals surface area (Å²) in [5.41, 5.74) is 0.306. The van der Waals surface area contributed by atoms with Crippen molar-refractivity contribution >= 4 is 46.7 Å². The largest absolute Gasteiger partial charge is 0.292 e. The van der Waals surface area contributed by atoms with E-state index in [9.17, 15) is 23.6 Å². The zero-order valence-electron chi connectivity index (χ0n) is 19.6. The van der Waals surface area contributed by atoms with Crippen molar-refractivity contribution in [1.82, 2.24) is 10.0 Å². The Morgan fingerprint density at radius 1 is 0.919 bits per heavy atom. The first-order valence-electron chi connectivity index (χ1n) is 12.3. The smallest absolute Gasteiger partial charge is 0.273 e. The molecule has 2 bridgehead atoms. The van der Waals surface area contributed by atoms with Crippen molar-refractivity contribution in [3.05, 3.63) is 82.6 Å². The Hall–Kier alpha value is -3.03. The lowest BCUT2D eigenvalue weighted by Crippen LogP contribution is -2.57. The fraction of sp³-hybridized carbons (Fsp3) is 0.357. The zero-order chi connectivity index (χ0) is 26.0. The first kappa shape index (κ1) is 24.3. The summed E-state index contributed by atoms with van der Waals surface area (Å²) in [7, 11) is 0. The van der Waals surface area contributed by atoms with Gasteiger partial charge < -0.3 is 0 Å². The molecule has 5 aliphatic rings. The van der Waals surface area contributed by atoms with Crippen molar-refractivity contribution in [2.24, 2.45) is 35.5 Å². The third-order valence-electron chi connectivity index (χ3n) is 8.26. The van der Waals surface area contributed by atoms with E-state index in [2.05, 4.69) is 0 Å². The van der Waals surface area contributed by atoms with Crippen LogP contribution in [0.2, 0.25) is 5.02 Å². The van der Waals surface area contributed by atoms with E-state index in [0.717, 1.165) is 28.6 Å². The van der Waals surface area contributed by atoms with Gasteiger partial charge in [0.25, 0.3) is 17.7 Å². The molecule has 2 saturated carbocycles. The number of benzene rings is 2. The van der Waals surface area contributed by atoms with Crippen molar-refractivity contribution in [1.29, 1.82) is 0 Å². The summed E-state index contributed by atoms with van der Waals surface area (Å²) in [5, 5.41) is 2.30. The molecular formula is C28H23Cl2FN2O4. The molecule has 2 aromatic carbocycles. The maximum Gasteiger partial charge on any atom is 0.273 e. The Labute approximate surface area is 223 Å². The molecular weight excluding hydrogens is 518 g/mol. The predicted molar refractivity (Wildman–Crippen MR) is 134 cm³/mol. The van der Waals surface area contributed by atoms with E-state index in [1.807, 2.05) is 12.2 Å². The van der Waals surface area contributed by atoms with E-state index in [1.54, 1.807) is 0 Å². The topological polar surface area (TPSA) is 74.8 Å². The Kier molecular flexibility index (Phi) is 5.96. The normalized spacial score (nSPS) is 29.6. The first-order valence-corrected chi connectivity index (χ1v) is 13.2. The van der Waals surface area contributed by atoms with Crippen molar-refractivity contribution < 1.29 is 23.6 Å². The molecule has 0 aromatic heterocycles. The van der Waals surface area contributed by atoms with Gasteiger partial charge in [-0.1, -0.05) is 23.8 Å². The molecule has 2 aromatic rings. The molecule has 0 radical (unpaired) electrons. The van der Waals surface area contributed by atoms with Gasteiger partial charge >= 0.3 is 0 Å². The van der Waals surface area contributed by atoms with Crippen LogP contribution < -0.4 is 0 Å². The summed E-state index contributed by atoms with van der Waals surface area (Å²) in [5.74, 6) is -3.12. The molecule has 0 unspecified atom stereocenters. The van der Waals surface area contributed by atoms with Crippen LogP contribution in [0.25, 0.3) is 0 Å². The monoisotopic (exact) mass is 540 g/mol. The molecule has 0 spiro atoms. The fourth-order valence-corrected chi connectivity index (χ4v) is 6.86. The highest BCUT2D eigenvalue weighted by Crippen LogP contribution is 2.65. The van der Waals surface area contributed by atoms with Gasteiger partial charge in [0.2, 0.25) is 0 Å². The number of nitrogens with zero attached hydrogens (tertiary/aromatic N) is 2. The van der Waals surface area contributed by atoms with Crippen LogP contribution in [0.4, 0.5) is 4.39 Å². The van der Waals surface area contributed by atoms with E-state index < -0.39 is 47.2 Å². The maximum absolute atomic E-state index is 14.0. The van der Waals surface area contributed by atoms with Crippen LogP contribution in [-0.4, -0.2) is 45.4 Å². The van der Waals surface area contributed by atoms with E-state index >= 15 is 0 Å². The quantitative estimate of drug-likeness (QED) is 0.219. The average molecular weight is 541 g/mol. The van der Waals surface area contributed by atoms with Crippen LogP contribution >= 0.6 is 23.2 Å². The van der Waals surface area contributed by atoms with Gasteiger partial charge in [0.15, 0.2) is 5.78 Å². The molecule has 1 heterocycles. The Morgan fingerprint density at radius 2 is 1.46 bits per heavy atom. The lowest BCUT2D eigenvalue weighted by Gasteiger charge is -2.37. The molecule has 7 atom stereocenters. The first-order chi connectivity index (χ1) is 17.8. The summed E-state index contributed by atoms with van der Waals surface area (Å²) in [6.45, 7) is 0. The second-order valence-corrected chi connectivity index (χ2v) is 11.0. The summed E-state index contributed by atoms with van der Waals surface area (Å²) >= 11 is 12.1. The second kappa shape index (κ2) is 9.07. The minimum atomic E-state index is -1.25. The van der Waals surface area contributed by atoms with Gasteiger partial charge in [-0.2, -0.15) is 5.01 Å². The summed E-state index contributed by atoms with van der Waals surface area (Å²) in [6.07, 6.45) is 5.07. The van der Waals surface area contributed by atoms with Crippen LogP contribution in [0.15, 0.2) is 60.7 Å². The highest BCUT2D eigenvalue weighted by atomic mass is 35.5. The number of hydrazine groups is 1. The van der Waals surface area contributed by atoms with Gasteiger partial charge in [0, 0.05) is 22.0 Å². The Morgan fingerprint density at radius 3 is 2.00 bits per heavy atom. The average Bonchev–Trinajstić information content (AvgIpc) is 3.68. The number of carbonyl (C=O) groups excluding carboxylic acids is 4. The van der Waals surface area contributed by atoms with Gasteiger partial charge in [0.1, 0.15) is 11.9 Å². The molecule has 7 rings (SSSR count). The number of halogens is 3. The molecule has 3 amide bonds. The summed E-state index contributed by atoms with van der Waals surface area (Å²) < 4.78 is 13.6. The molecule has 9 heteroatoms. The number of hydrogen-bond acceptors (Lipinski definition) is 4. The van der Waals surface area contributed by atoms with Crippen LogP contribution in [0.1, 0.15) is 33.6 Å². The number of hydrogen-bond donors (Lipinski definition) is 0. The standard InChI is InChI=1S/C28H23Cl2FN2O4/c29-12-11-22(25(34)14-3-7-17(31)8-4-14)32(26(35)15-1-5-16(30)6-2-15)33-27(36)23-18-9-10-19(21-13-20(18)21)24(23)28(33)37/h1-10,18-24H,11-13H2/t18-,19-,20-,21+,22-,23-,24+/m0/s1. The lowest BCUT2D eigenvalue weighted by molar-refractivity contribution is -0.157. The van der Waals surface area contributed by atoms with Gasteiger partial charge in [-0.15, -0.1) is 11.6 Å². The van der Waals surface area contributed by atoms with Gasteiger partial charge in [-0.3, -0.25) is 19.2 Å². The van der Waals surface area contributed by atoms with Crippen LogP contribution in [0, 0.1) is 41.3 Å². The van der Waals surface area contributed by atoms with E-state index in [4.69, 9.17) is 23.2 Å². The van der Waals surface area contributed by atoms with E-state index in [-0.39, 0.29) is 35.3 Å². The second-order valence-electron chi connectivity index (χ2n) is 10.2. The summed E-state index contributed by atoms with van der Waals surface area (Å²) in [6, 6.07) is 9.68. The van der Waals surface area contributed by atoms with Gasteiger partial charge in [0.05, 0.1) is 11.8 Å². The zero-order valence-corrected chi connectivity index (χ0v) is 21.1. The Bertz CT molecular complexity index is 1290. The molecule has 0 N–H and O–H groups in total. The third kappa shape index (κ3) is 3.82. The number of imide groups is 1. The Balaban J connectivity index is 1.43. The van der Waals surface area contributed by atoms with Crippen molar-refractivity contribution in [2.75, 3.05) is 5.88 Å². The molecule has 190 valence electrons. The van der Waals surface area contributed by atoms with Crippen LogP contribution in [0.5, 0.6) is 0 Å². The van der Waals surface area contributed by atoms with Gasteiger partial charge in [-0.25, -0.2) is 9.40 Å². The predicted octanol–water partition coefficient (Wildman–Crippen LogP) is 4.77. The number of Topliss-reactive ketones (excluding diaryl/α,β-unsaturated/α-hetero) is 1. The van der Waals surface area contributed by atoms with E-state index in [0.29, 0.717) is 16.9 Å². The third-order valence-corrected chi connectivity index (χ3v) is 8.73. The fourth-order valence-electron chi connectivity index (χ4n) is 6.52. The molecule has 1 saturated heterocycles. The van der Waals surface area contributed by atoms with Crippen molar-refractivity contribution in [3.63, 3.8) is 0 Å². The SMILES string of the molecule is O=C(c1ccc(F)cc1)[C@H](CCCl)N(C(=O)c1ccc(Cl)cc1)N1C(=O)[C@@H]2[C@H]3C=C[C@@H]([C@@H]4C[C@H]34)[C@@H]2C1=O. The highest BCUT2D eigenvalue weighted by Gasteiger charge is 2.68. The minimum Gasteiger partial charge on any atom is -0.292 e. The highest BCUT2D eigenvalue weighted by molar-refractivity contribution is 6.30. The van der Waals surface area contributed by atoms with Crippen molar-refractivity contribution in [2.45, 2.75) is 18.9 Å². The number of carbonyl (C=O) groups is 4. The lowest BCUT2D eigenvalue weighted by atomic mass is 9.63. The number of alkyl halides is 1. The molecule has 3 fully saturated rings. The maximum atomic E-state index is 14.0.